The monoisotopic (exact) mass is 1020 g/mol. The second-order valence-corrected chi connectivity index (χ2v) is 22.2. The Morgan fingerprint density at radius 1 is 1.00 bits per heavy atom. The van der Waals surface area contributed by atoms with E-state index in [0.717, 1.165) is 16.5 Å². The molecule has 0 spiro atoms. The number of benzene rings is 1. The molecule has 3 saturated heterocycles. The lowest BCUT2D eigenvalue weighted by Crippen LogP contribution is -2.61. The maximum Gasteiger partial charge on any atom is 0.311 e. The van der Waals surface area contributed by atoms with Gasteiger partial charge in [0.15, 0.2) is 12.6 Å². The fraction of sp³-hybridized carbons (Fsp3) is 0.774. The standard InChI is InChI=1S/C53H85FN6O12/c1-14-42-53(10,66)46(62)34(6)59(12)28-30(2)24-51(8,65)48(32(4)45(33(5)49(64)70-42)71-43-25-52(9,67-13)47(63)35(7)69-43)72-50-44(61)41(21-31(3)68-50)58(11)20-19-38-29-60(57-56-38)39(26-54)23-36-22-37-17-15-16-18-40(37)55-27-36/h15-18,22,27,29-35,39,41-48,50,61-63,65-66H,14,19-21,23-26,28H2,1-13H3/t30-,31-,32+,33-,34-,35+,39+,41+,42-,43+,44-,45+,46-,47+,48-,50+,51-,52-,53-/m1/s1. The van der Waals surface area contributed by atoms with Crippen molar-refractivity contribution in [3.05, 3.63) is 54.0 Å². The summed E-state index contributed by atoms with van der Waals surface area (Å²) in [6.07, 6.45) is -4.94. The second kappa shape index (κ2) is 24.1. The van der Waals surface area contributed by atoms with Gasteiger partial charge in [-0.3, -0.25) is 9.78 Å². The molecule has 19 atom stereocenters. The van der Waals surface area contributed by atoms with Crippen LogP contribution in [0.25, 0.3) is 10.9 Å². The zero-order chi connectivity index (χ0) is 53.0. The molecule has 5 heterocycles. The van der Waals surface area contributed by atoms with Crippen LogP contribution in [-0.4, -0.2) is 193 Å². The average molecular weight is 1020 g/mol. The lowest BCUT2D eigenvalue weighted by molar-refractivity contribution is -0.318. The van der Waals surface area contributed by atoms with Crippen LogP contribution in [0.5, 0.6) is 0 Å². The summed E-state index contributed by atoms with van der Waals surface area (Å²) >= 11 is 0. The zero-order valence-electron chi connectivity index (χ0n) is 44.8. The number of likely N-dealkylation sites (N-methyl/N-ethyl adjacent to an activating group) is 2. The zero-order valence-corrected chi connectivity index (χ0v) is 44.8. The highest BCUT2D eigenvalue weighted by Crippen LogP contribution is 2.40. The van der Waals surface area contributed by atoms with Crippen molar-refractivity contribution in [1.82, 2.24) is 29.8 Å². The highest BCUT2D eigenvalue weighted by Gasteiger charge is 2.53. The number of rotatable bonds is 14. The molecule has 2 aromatic heterocycles. The van der Waals surface area contributed by atoms with Crippen LogP contribution in [0.3, 0.4) is 0 Å². The number of para-hydroxylation sites is 1. The lowest BCUT2D eigenvalue weighted by atomic mass is 9.77. The molecule has 3 aromatic rings. The minimum Gasteiger partial charge on any atom is -0.459 e. The second-order valence-electron chi connectivity index (χ2n) is 22.2. The van der Waals surface area contributed by atoms with Crippen molar-refractivity contribution < 1.29 is 63.1 Å². The average Bonchev–Trinajstić information content (AvgIpc) is 3.82. The van der Waals surface area contributed by atoms with Gasteiger partial charge in [0.1, 0.15) is 36.7 Å². The predicted molar refractivity (Wildman–Crippen MR) is 267 cm³/mol. The number of aliphatic hydroxyl groups is 5. The number of hydrogen-bond acceptors (Lipinski definition) is 17. The number of alkyl halides is 1. The van der Waals surface area contributed by atoms with E-state index in [0.29, 0.717) is 38.0 Å². The van der Waals surface area contributed by atoms with Gasteiger partial charge in [-0.25, -0.2) is 9.07 Å². The first-order chi connectivity index (χ1) is 33.8. The van der Waals surface area contributed by atoms with Crippen molar-refractivity contribution in [3.8, 4) is 0 Å². The quantitative estimate of drug-likeness (QED) is 0.141. The van der Waals surface area contributed by atoms with E-state index in [4.69, 9.17) is 28.4 Å². The normalized spacial score (nSPS) is 39.6. The molecule has 3 fully saturated rings. The van der Waals surface area contributed by atoms with Gasteiger partial charge in [0.2, 0.25) is 0 Å². The Balaban J connectivity index is 1.26. The van der Waals surface area contributed by atoms with Crippen LogP contribution < -0.4 is 0 Å². The van der Waals surface area contributed by atoms with Gasteiger partial charge in [-0.15, -0.1) is 5.10 Å². The molecule has 6 rings (SSSR count). The Hall–Kier alpha value is -3.31. The molecule has 0 unspecified atom stereocenters. The van der Waals surface area contributed by atoms with Crippen LogP contribution in [0.4, 0.5) is 4.39 Å². The van der Waals surface area contributed by atoms with Crippen molar-refractivity contribution in [3.63, 3.8) is 0 Å². The van der Waals surface area contributed by atoms with Gasteiger partial charge in [-0.1, -0.05) is 44.2 Å². The van der Waals surface area contributed by atoms with Crippen molar-refractivity contribution in [1.29, 1.82) is 0 Å². The van der Waals surface area contributed by atoms with Gasteiger partial charge in [0, 0.05) is 68.8 Å². The SMILES string of the molecule is CC[C@H]1OC(=O)[C@H](C)[C@@H](O[C@H]2C[C@@](C)(OC)[C@@H](O)[C@H](C)O2)[C@H](C)[C@@H](O[C@@H]2O[C@H](C)C[C@H](N(C)CCc3cn([C@H](CF)Cc4cnc5ccccc5c4)nn3)[C@H]2O)[C@](C)(O)C[C@@H](C)CN(C)[C@H](C)[C@@H](O)[C@]1(C)O. The van der Waals surface area contributed by atoms with Crippen LogP contribution in [0.1, 0.15) is 112 Å². The molecule has 0 radical (unpaired) electrons. The van der Waals surface area contributed by atoms with Crippen molar-refractivity contribution in [2.24, 2.45) is 17.8 Å². The first-order valence-electron chi connectivity index (χ1n) is 25.9. The van der Waals surface area contributed by atoms with Gasteiger partial charge in [-0.2, -0.15) is 0 Å². The highest BCUT2D eigenvalue weighted by molar-refractivity contribution is 5.78. The maximum absolute atomic E-state index is 14.5. The van der Waals surface area contributed by atoms with Crippen molar-refractivity contribution in [2.75, 3.05) is 41.0 Å². The number of nitrogens with zero attached hydrogens (tertiary/aromatic N) is 6. The van der Waals surface area contributed by atoms with E-state index in [1.807, 2.05) is 68.1 Å². The Labute approximate surface area is 425 Å². The molecule has 3 aliphatic heterocycles. The van der Waals surface area contributed by atoms with Crippen LogP contribution >= 0.6 is 0 Å². The number of aromatic nitrogens is 4. The third-order valence-electron chi connectivity index (χ3n) is 16.1. The van der Waals surface area contributed by atoms with Gasteiger partial charge in [-0.05, 0) is 112 Å². The molecular formula is C53H85FN6O12. The maximum atomic E-state index is 14.5. The molecule has 72 heavy (non-hydrogen) atoms. The van der Waals surface area contributed by atoms with Crippen molar-refractivity contribution >= 4 is 16.9 Å². The van der Waals surface area contributed by atoms with E-state index in [1.165, 1.54) is 14.0 Å². The van der Waals surface area contributed by atoms with Crippen LogP contribution in [0.15, 0.2) is 42.7 Å². The summed E-state index contributed by atoms with van der Waals surface area (Å²) in [5.74, 6) is -2.84. The highest BCUT2D eigenvalue weighted by atomic mass is 19.1. The number of hydrogen-bond donors (Lipinski definition) is 5. The summed E-state index contributed by atoms with van der Waals surface area (Å²) in [7, 11) is 5.23. The Bertz CT molecular complexity index is 2200. The van der Waals surface area contributed by atoms with E-state index >= 15 is 0 Å². The van der Waals surface area contributed by atoms with E-state index < -0.39 is 115 Å². The van der Waals surface area contributed by atoms with Gasteiger partial charge in [0.25, 0.3) is 0 Å². The minimum absolute atomic E-state index is 0.0907. The topological polar surface area (TPSA) is 224 Å². The minimum atomic E-state index is -1.85. The van der Waals surface area contributed by atoms with Crippen LogP contribution in [0, 0.1) is 17.8 Å². The molecule has 0 bridgehead atoms. The number of ether oxygens (including phenoxy) is 6. The number of pyridine rings is 1. The Kier molecular flexibility index (Phi) is 19.4. The number of methoxy groups -OCH3 is 1. The van der Waals surface area contributed by atoms with Gasteiger partial charge < -0.3 is 63.8 Å². The summed E-state index contributed by atoms with van der Waals surface area (Å²) in [5, 5.41) is 69.4. The molecule has 0 saturated carbocycles. The molecule has 0 aliphatic carbocycles. The fourth-order valence-electron chi connectivity index (χ4n) is 11.4. The number of fused-ring (bicyclic) bond motifs is 1. The van der Waals surface area contributed by atoms with Crippen molar-refractivity contribution in [2.45, 2.75) is 204 Å². The van der Waals surface area contributed by atoms with E-state index in [9.17, 15) is 34.7 Å². The number of carbonyl (C=O) groups is 1. The Morgan fingerprint density at radius 3 is 2.39 bits per heavy atom. The van der Waals surface area contributed by atoms with E-state index in [1.54, 1.807) is 65.5 Å². The molecule has 1 aromatic carbocycles. The molecule has 0 amide bonds. The van der Waals surface area contributed by atoms with E-state index in [2.05, 4.69) is 15.3 Å². The van der Waals surface area contributed by atoms with Crippen LogP contribution in [-0.2, 0) is 46.1 Å². The summed E-state index contributed by atoms with van der Waals surface area (Å²) in [5.41, 5.74) is -2.15. The molecule has 3 aliphatic rings. The molecule has 5 N–H and O–H groups in total. The summed E-state index contributed by atoms with van der Waals surface area (Å²) < 4.78 is 54.4. The molecule has 18 nitrogen and oxygen atoms in total. The summed E-state index contributed by atoms with van der Waals surface area (Å²) in [6.45, 7) is 17.7. The molecule has 19 heteroatoms. The first kappa shape index (κ1) is 58.0. The fourth-order valence-corrected chi connectivity index (χ4v) is 11.4. The summed E-state index contributed by atoms with van der Waals surface area (Å²) in [6, 6.07) is 8.18. The number of esters is 1. The van der Waals surface area contributed by atoms with Gasteiger partial charge >= 0.3 is 5.97 Å². The molecule has 406 valence electrons. The number of carbonyl (C=O) groups excluding carboxylic acids is 1. The largest absolute Gasteiger partial charge is 0.459 e. The number of cyclic esters (lactones) is 1. The third-order valence-corrected chi connectivity index (χ3v) is 16.1. The van der Waals surface area contributed by atoms with Crippen LogP contribution in [0.2, 0.25) is 0 Å². The summed E-state index contributed by atoms with van der Waals surface area (Å²) in [4.78, 5) is 23.0. The number of aliphatic hydroxyl groups excluding tert-OH is 3. The Morgan fingerprint density at radius 2 is 1.71 bits per heavy atom. The van der Waals surface area contributed by atoms with E-state index in [-0.39, 0.29) is 31.3 Å². The first-order valence-corrected chi connectivity index (χ1v) is 25.9. The smallest absolute Gasteiger partial charge is 0.311 e. The van der Waals surface area contributed by atoms with Gasteiger partial charge in [0.05, 0.1) is 58.8 Å². The lowest BCUT2D eigenvalue weighted by Gasteiger charge is -2.49. The predicted octanol–water partition coefficient (Wildman–Crippen LogP) is 4.41. The number of halogens is 1. The third kappa shape index (κ3) is 13.2. The molecular weight excluding hydrogens is 932 g/mol.